The summed E-state index contributed by atoms with van der Waals surface area (Å²) < 4.78 is 31.9. The van der Waals surface area contributed by atoms with Gasteiger partial charge in [0, 0.05) is 22.3 Å². The normalized spacial score (nSPS) is 16.7. The van der Waals surface area contributed by atoms with E-state index >= 15 is 0 Å². The van der Waals surface area contributed by atoms with Gasteiger partial charge in [0.05, 0.1) is 11.6 Å². The van der Waals surface area contributed by atoms with Crippen LogP contribution in [-0.4, -0.2) is 34.4 Å². The molecule has 2 amide bonds. The van der Waals surface area contributed by atoms with Crippen LogP contribution in [0.2, 0.25) is 0 Å². The number of allylic oxidation sites excluding steroid dienone is 4. The van der Waals surface area contributed by atoms with Crippen molar-refractivity contribution < 1.29 is 17.7 Å². The van der Waals surface area contributed by atoms with Crippen LogP contribution in [0.25, 0.3) is 0 Å². The minimum absolute atomic E-state index is 0.000713. The molecule has 1 aliphatic rings. The molecule has 2 N–H and O–H groups in total. The van der Waals surface area contributed by atoms with Gasteiger partial charge in [0.1, 0.15) is 11.2 Å². The van der Waals surface area contributed by atoms with Crippen LogP contribution in [0.3, 0.4) is 0 Å². The van der Waals surface area contributed by atoms with Gasteiger partial charge in [-0.2, -0.15) is 0 Å². The molecule has 11 heteroatoms. The van der Waals surface area contributed by atoms with Crippen molar-refractivity contribution in [2.24, 2.45) is 0 Å². The zero-order valence-electron chi connectivity index (χ0n) is 14.3. The van der Waals surface area contributed by atoms with E-state index < -0.39 is 22.0 Å². The van der Waals surface area contributed by atoms with E-state index in [1.165, 1.54) is 18.4 Å². The molecule has 0 aliphatic heterocycles. The van der Waals surface area contributed by atoms with Crippen molar-refractivity contribution in [3.63, 3.8) is 0 Å². The summed E-state index contributed by atoms with van der Waals surface area (Å²) in [6, 6.07) is 2.33. The number of anilines is 1. The molecule has 0 fully saturated rings. The predicted molar refractivity (Wildman–Crippen MR) is 102 cm³/mol. The molecule has 0 aromatic carbocycles. The molecule has 3 rings (SSSR count). The summed E-state index contributed by atoms with van der Waals surface area (Å²) in [6.45, 7) is 3.46. The second-order valence-electron chi connectivity index (χ2n) is 5.72. The first-order chi connectivity index (χ1) is 12.8. The number of carbonyl (C=O) groups is 1. The van der Waals surface area contributed by atoms with Crippen LogP contribution < -0.4 is 10.0 Å². The van der Waals surface area contributed by atoms with Crippen LogP contribution in [0, 0.1) is 13.8 Å². The number of nitrogens with one attached hydrogen (secondary N) is 2. The number of carbonyl (C=O) groups excluding carboxylic acids is 1. The number of hydrogen-bond donors (Lipinski definition) is 2. The van der Waals surface area contributed by atoms with Crippen LogP contribution in [-0.2, 0) is 10.0 Å². The molecule has 0 spiro atoms. The smallest absolute Gasteiger partial charge is 0.335 e. The maximum absolute atomic E-state index is 12.6. The summed E-state index contributed by atoms with van der Waals surface area (Å²) >= 11 is 5.28. The zero-order chi connectivity index (χ0) is 19.6. The van der Waals surface area contributed by atoms with E-state index in [0.717, 1.165) is 0 Å². The highest BCUT2D eigenvalue weighted by atomic mass is 32.2. The number of sulfonamides is 1. The fraction of sp³-hybridized carbons (Fsp3) is 0.188. The average molecular weight is 405 g/mol. The van der Waals surface area contributed by atoms with E-state index in [9.17, 15) is 13.2 Å². The van der Waals surface area contributed by atoms with Gasteiger partial charge in [0.15, 0.2) is 0 Å². The molecule has 2 aromatic heterocycles. The van der Waals surface area contributed by atoms with Crippen LogP contribution >= 0.6 is 12.2 Å². The SMILES string of the molecule is Cc1cc(C)nc(NC(=O)NS(=O)(=O)C2=CC=CC(c3ccon3)C2=S)n1. The summed E-state index contributed by atoms with van der Waals surface area (Å²) in [6.07, 6.45) is 5.92. The highest BCUT2D eigenvalue weighted by Gasteiger charge is 2.31. The van der Waals surface area contributed by atoms with Crippen molar-refractivity contribution in [3.8, 4) is 0 Å². The van der Waals surface area contributed by atoms with E-state index in [-0.39, 0.29) is 15.7 Å². The van der Waals surface area contributed by atoms with Crippen molar-refractivity contribution >= 4 is 39.1 Å². The highest BCUT2D eigenvalue weighted by Crippen LogP contribution is 2.27. The molecule has 1 unspecified atom stereocenters. The number of urea groups is 1. The van der Waals surface area contributed by atoms with Crippen molar-refractivity contribution in [2.75, 3.05) is 5.32 Å². The Balaban J connectivity index is 1.76. The quantitative estimate of drug-likeness (QED) is 0.741. The maximum atomic E-state index is 12.6. The summed E-state index contributed by atoms with van der Waals surface area (Å²) in [4.78, 5) is 20.1. The summed E-state index contributed by atoms with van der Waals surface area (Å²) in [5.41, 5.74) is 1.75. The molecule has 0 radical (unpaired) electrons. The van der Waals surface area contributed by atoms with E-state index in [4.69, 9.17) is 16.7 Å². The number of rotatable bonds is 4. The fourth-order valence-electron chi connectivity index (χ4n) is 2.50. The molecule has 1 aliphatic carbocycles. The fourth-order valence-corrected chi connectivity index (χ4v) is 4.15. The van der Waals surface area contributed by atoms with Crippen LogP contribution in [0.15, 0.2) is 46.1 Å². The number of nitrogens with zero attached hydrogens (tertiary/aromatic N) is 3. The third-order valence-corrected chi connectivity index (χ3v) is 5.57. The van der Waals surface area contributed by atoms with Crippen molar-refractivity contribution in [1.82, 2.24) is 19.8 Å². The Kier molecular flexibility index (Phi) is 5.15. The molecule has 9 nitrogen and oxygen atoms in total. The lowest BCUT2D eigenvalue weighted by atomic mass is 9.97. The molecule has 0 saturated carbocycles. The van der Waals surface area contributed by atoms with E-state index in [0.29, 0.717) is 17.1 Å². The summed E-state index contributed by atoms with van der Waals surface area (Å²) in [5, 5.41) is 6.09. The van der Waals surface area contributed by atoms with Gasteiger partial charge in [0.2, 0.25) is 5.95 Å². The van der Waals surface area contributed by atoms with E-state index in [2.05, 4.69) is 20.4 Å². The standard InChI is InChI=1S/C16H15N5O4S2/c1-9-8-10(2)18-15(17-9)19-16(22)21-27(23,24)13-5-3-4-11(14(13)26)12-6-7-25-20-12/h3-8,11H,1-2H3,(H2,17,18,19,21,22). The minimum atomic E-state index is -4.20. The molecule has 0 bridgehead atoms. The number of thiocarbonyl (C=S) groups is 1. The molecule has 1 atom stereocenters. The molecule has 0 saturated heterocycles. The van der Waals surface area contributed by atoms with Gasteiger partial charge in [-0.3, -0.25) is 5.32 Å². The van der Waals surface area contributed by atoms with Crippen molar-refractivity contribution in [2.45, 2.75) is 19.8 Å². The Morgan fingerprint density at radius 3 is 2.59 bits per heavy atom. The van der Waals surface area contributed by atoms with Crippen LogP contribution in [0.1, 0.15) is 23.0 Å². The third kappa shape index (κ3) is 4.26. The van der Waals surface area contributed by atoms with Crippen LogP contribution in [0.4, 0.5) is 10.7 Å². The lowest BCUT2D eigenvalue weighted by molar-refractivity contribution is 0.256. The van der Waals surface area contributed by atoms with E-state index in [1.54, 1.807) is 32.1 Å². The zero-order valence-corrected chi connectivity index (χ0v) is 16.0. The lowest BCUT2D eigenvalue weighted by Gasteiger charge is -2.18. The largest absolute Gasteiger partial charge is 0.364 e. The van der Waals surface area contributed by atoms with Crippen LogP contribution in [0.5, 0.6) is 0 Å². The monoisotopic (exact) mass is 405 g/mol. The van der Waals surface area contributed by atoms with Crippen molar-refractivity contribution in [3.05, 3.63) is 58.6 Å². The second-order valence-corrected chi connectivity index (χ2v) is 7.81. The molecular formula is C16H15N5O4S2. The molecule has 2 heterocycles. The van der Waals surface area contributed by atoms with Gasteiger partial charge in [-0.25, -0.2) is 27.9 Å². The van der Waals surface area contributed by atoms with Gasteiger partial charge >= 0.3 is 6.03 Å². The first kappa shape index (κ1) is 18.9. The number of amides is 2. The molecule has 140 valence electrons. The summed E-state index contributed by atoms with van der Waals surface area (Å²) in [5.74, 6) is -0.540. The van der Waals surface area contributed by atoms with Gasteiger partial charge in [-0.15, -0.1) is 0 Å². The predicted octanol–water partition coefficient (Wildman–Crippen LogP) is 2.14. The van der Waals surface area contributed by atoms with E-state index in [1.807, 2.05) is 4.72 Å². The second kappa shape index (κ2) is 7.37. The van der Waals surface area contributed by atoms with Crippen molar-refractivity contribution in [1.29, 1.82) is 0 Å². The Morgan fingerprint density at radius 1 is 1.26 bits per heavy atom. The van der Waals surface area contributed by atoms with Gasteiger partial charge in [-0.05, 0) is 26.0 Å². The Bertz CT molecular complexity index is 1040. The Hall–Kier alpha value is -2.92. The molecule has 27 heavy (non-hydrogen) atoms. The maximum Gasteiger partial charge on any atom is 0.335 e. The topological polar surface area (TPSA) is 127 Å². The Labute approximate surface area is 160 Å². The summed E-state index contributed by atoms with van der Waals surface area (Å²) in [7, 11) is -4.20. The highest BCUT2D eigenvalue weighted by molar-refractivity contribution is 7.97. The minimum Gasteiger partial charge on any atom is -0.364 e. The first-order valence-corrected chi connectivity index (χ1v) is 9.64. The number of aromatic nitrogens is 3. The van der Waals surface area contributed by atoms with Gasteiger partial charge < -0.3 is 4.52 Å². The first-order valence-electron chi connectivity index (χ1n) is 7.75. The van der Waals surface area contributed by atoms with Gasteiger partial charge in [-0.1, -0.05) is 29.5 Å². The average Bonchev–Trinajstić information content (AvgIpc) is 3.07. The number of aryl methyl sites for hydroxylation is 2. The molecular weight excluding hydrogens is 390 g/mol. The third-order valence-electron chi connectivity index (χ3n) is 3.58. The number of hydrogen-bond acceptors (Lipinski definition) is 8. The Morgan fingerprint density at radius 2 is 1.96 bits per heavy atom. The van der Waals surface area contributed by atoms with Gasteiger partial charge in [0.25, 0.3) is 10.0 Å². The molecule has 2 aromatic rings. The lowest BCUT2D eigenvalue weighted by Crippen LogP contribution is -2.38.